The van der Waals surface area contributed by atoms with Crippen LogP contribution >= 0.6 is 0 Å². The van der Waals surface area contributed by atoms with Crippen LogP contribution < -0.4 is 5.32 Å². The van der Waals surface area contributed by atoms with Gasteiger partial charge in [-0.3, -0.25) is 4.79 Å². The number of rotatable bonds is 7. The fourth-order valence-corrected chi connectivity index (χ4v) is 3.81. The van der Waals surface area contributed by atoms with Gasteiger partial charge in [0.05, 0.1) is 31.5 Å². The minimum Gasteiger partial charge on any atom is -0.464 e. The molecule has 0 saturated carbocycles. The molecule has 2 heterocycles. The van der Waals surface area contributed by atoms with Crippen molar-refractivity contribution in [1.29, 1.82) is 5.26 Å². The summed E-state index contributed by atoms with van der Waals surface area (Å²) >= 11 is 0. The second-order valence-electron chi connectivity index (χ2n) is 9.49. The van der Waals surface area contributed by atoms with Crippen LogP contribution in [0.4, 0.5) is 4.79 Å². The Hall–Kier alpha value is -3.33. The average molecular weight is 483 g/mol. The summed E-state index contributed by atoms with van der Waals surface area (Å²) in [6, 6.07) is 8.66. The molecule has 2 atom stereocenters. The van der Waals surface area contributed by atoms with Crippen LogP contribution in [0.25, 0.3) is 11.0 Å². The maximum absolute atomic E-state index is 13.0. The van der Waals surface area contributed by atoms with E-state index in [1.165, 1.54) is 11.2 Å². The van der Waals surface area contributed by atoms with E-state index in [1.54, 1.807) is 12.1 Å². The zero-order valence-electron chi connectivity index (χ0n) is 20.1. The predicted molar refractivity (Wildman–Crippen MR) is 128 cm³/mol. The Labute approximate surface area is 204 Å². The van der Waals surface area contributed by atoms with E-state index in [0.717, 1.165) is 5.39 Å². The molecule has 0 aliphatic carbocycles. The molecule has 186 valence electrons. The molecule has 0 spiro atoms. The van der Waals surface area contributed by atoms with Gasteiger partial charge in [0.2, 0.25) is 0 Å². The number of morpholine rings is 1. The summed E-state index contributed by atoms with van der Waals surface area (Å²) in [5.74, 6) is -1.50. The number of carbonyl (C=O) groups is 2. The lowest BCUT2D eigenvalue weighted by Gasteiger charge is -2.35. The summed E-state index contributed by atoms with van der Waals surface area (Å²) in [5, 5.41) is 32.3. The van der Waals surface area contributed by atoms with Crippen molar-refractivity contribution < 1.29 is 33.5 Å². The number of hydrogen-bond donors (Lipinski definition) is 3. The number of benzene rings is 1. The number of alkyl carbamates (subject to hydrolysis) is 1. The van der Waals surface area contributed by atoms with Crippen LogP contribution in [0.5, 0.6) is 0 Å². The van der Waals surface area contributed by atoms with E-state index in [0.29, 0.717) is 17.8 Å². The van der Waals surface area contributed by atoms with Crippen molar-refractivity contribution >= 4 is 30.1 Å². The zero-order valence-corrected chi connectivity index (χ0v) is 20.1. The largest absolute Gasteiger partial charge is 0.475 e. The summed E-state index contributed by atoms with van der Waals surface area (Å²) in [6.45, 7) is 6.18. The lowest BCUT2D eigenvalue weighted by atomic mass is 9.76. The fraction of sp³-hybridized carbons (Fsp3) is 0.458. The number of allylic oxidation sites excluding steroid dienone is 1. The molecule has 1 fully saturated rings. The van der Waals surface area contributed by atoms with Gasteiger partial charge in [0.15, 0.2) is 0 Å². The highest BCUT2D eigenvalue weighted by atomic mass is 16.6. The molecular weight excluding hydrogens is 453 g/mol. The van der Waals surface area contributed by atoms with Crippen molar-refractivity contribution in [3.63, 3.8) is 0 Å². The Bertz CT molecular complexity index is 1120. The molecule has 0 bridgehead atoms. The SMILES string of the molecule is CC(C)(C)C=C(C#N)C(=O)N1CCOC[C@@H]1COC(=O)NC(Cc1coc2ccccc12)B(O)O. The summed E-state index contributed by atoms with van der Waals surface area (Å²) < 4.78 is 16.2. The minimum atomic E-state index is -1.84. The first-order chi connectivity index (χ1) is 16.6. The van der Waals surface area contributed by atoms with Gasteiger partial charge in [-0.1, -0.05) is 45.0 Å². The number of ether oxygens (including phenoxy) is 2. The molecule has 1 aromatic carbocycles. The monoisotopic (exact) mass is 483 g/mol. The van der Waals surface area contributed by atoms with E-state index in [1.807, 2.05) is 45.0 Å². The van der Waals surface area contributed by atoms with Crippen molar-refractivity contribution in [2.24, 2.45) is 5.41 Å². The molecule has 1 saturated heterocycles. The van der Waals surface area contributed by atoms with E-state index in [9.17, 15) is 24.9 Å². The second kappa shape index (κ2) is 11.4. The van der Waals surface area contributed by atoms with Crippen LogP contribution in [0.15, 0.2) is 46.6 Å². The number of para-hydroxylation sites is 1. The van der Waals surface area contributed by atoms with Crippen molar-refractivity contribution in [1.82, 2.24) is 10.2 Å². The van der Waals surface area contributed by atoms with Crippen LogP contribution in [0.2, 0.25) is 0 Å². The number of nitrogens with one attached hydrogen (secondary N) is 1. The molecule has 3 rings (SSSR count). The van der Waals surface area contributed by atoms with E-state index >= 15 is 0 Å². The van der Waals surface area contributed by atoms with Gasteiger partial charge in [-0.2, -0.15) is 5.26 Å². The minimum absolute atomic E-state index is 0.0182. The molecule has 0 radical (unpaired) electrons. The number of nitrogens with zero attached hydrogens (tertiary/aromatic N) is 2. The van der Waals surface area contributed by atoms with Gasteiger partial charge in [0.25, 0.3) is 5.91 Å². The third kappa shape index (κ3) is 7.08. The highest BCUT2D eigenvalue weighted by Gasteiger charge is 2.32. The topological polar surface area (TPSA) is 145 Å². The van der Waals surface area contributed by atoms with Crippen molar-refractivity contribution in [3.05, 3.63) is 47.7 Å². The number of carbonyl (C=O) groups excluding carboxylic acids is 2. The van der Waals surface area contributed by atoms with Gasteiger partial charge in [-0.25, -0.2) is 4.79 Å². The standard InChI is InChI=1S/C24H30BN3O7/c1-24(2,3)11-17(12-26)22(29)28-8-9-33-14-18(28)15-35-23(30)27-21(25(31)32)10-16-13-34-20-7-5-4-6-19(16)20/h4-7,11,13,18,21,31-32H,8-10,14-15H2,1-3H3,(H,27,30)/t18-,21?/m1/s1. The Balaban J connectivity index is 1.62. The molecule has 2 aromatic rings. The van der Waals surface area contributed by atoms with Gasteiger partial charge in [-0.05, 0) is 23.5 Å². The quantitative estimate of drug-likeness (QED) is 0.307. The third-order valence-corrected chi connectivity index (χ3v) is 5.49. The van der Waals surface area contributed by atoms with E-state index in [4.69, 9.17) is 13.9 Å². The van der Waals surface area contributed by atoms with Crippen LogP contribution in [0, 0.1) is 16.7 Å². The highest BCUT2D eigenvalue weighted by Crippen LogP contribution is 2.22. The molecule has 3 N–H and O–H groups in total. The number of amides is 2. The molecule has 11 heteroatoms. The van der Waals surface area contributed by atoms with Gasteiger partial charge in [-0.15, -0.1) is 0 Å². The highest BCUT2D eigenvalue weighted by molar-refractivity contribution is 6.43. The van der Waals surface area contributed by atoms with Gasteiger partial charge >= 0.3 is 13.2 Å². The summed E-state index contributed by atoms with van der Waals surface area (Å²) in [7, 11) is -1.84. The van der Waals surface area contributed by atoms with Crippen LogP contribution in [0.3, 0.4) is 0 Å². The average Bonchev–Trinajstić information content (AvgIpc) is 3.22. The van der Waals surface area contributed by atoms with Gasteiger partial charge < -0.3 is 34.2 Å². The van der Waals surface area contributed by atoms with E-state index < -0.39 is 31.1 Å². The second-order valence-corrected chi connectivity index (χ2v) is 9.49. The van der Waals surface area contributed by atoms with Gasteiger partial charge in [0.1, 0.15) is 23.8 Å². The summed E-state index contributed by atoms with van der Waals surface area (Å²) in [5.41, 5.74) is 1.01. The first kappa shape index (κ1) is 26.3. The Morgan fingerprint density at radius 1 is 1.37 bits per heavy atom. The number of fused-ring (bicyclic) bond motifs is 1. The number of hydrogen-bond acceptors (Lipinski definition) is 8. The van der Waals surface area contributed by atoms with Gasteiger partial charge in [0, 0.05) is 11.9 Å². The van der Waals surface area contributed by atoms with Crippen molar-refractivity contribution in [2.75, 3.05) is 26.4 Å². The van der Waals surface area contributed by atoms with Crippen LogP contribution in [0.1, 0.15) is 26.3 Å². The Morgan fingerprint density at radius 3 is 2.80 bits per heavy atom. The molecule has 2 amide bonds. The van der Waals surface area contributed by atoms with Crippen LogP contribution in [-0.4, -0.2) is 72.4 Å². The molecule has 10 nitrogen and oxygen atoms in total. The summed E-state index contributed by atoms with van der Waals surface area (Å²) in [6.07, 6.45) is 2.35. The summed E-state index contributed by atoms with van der Waals surface area (Å²) in [4.78, 5) is 26.9. The third-order valence-electron chi connectivity index (χ3n) is 5.49. The molecule has 1 unspecified atom stereocenters. The van der Waals surface area contributed by atoms with Crippen molar-refractivity contribution in [2.45, 2.75) is 39.2 Å². The lowest BCUT2D eigenvalue weighted by molar-refractivity contribution is -0.137. The normalized spacial score (nSPS) is 17.5. The van der Waals surface area contributed by atoms with E-state index in [2.05, 4.69) is 5.32 Å². The van der Waals surface area contributed by atoms with Crippen LogP contribution in [-0.2, 0) is 20.7 Å². The predicted octanol–water partition coefficient (Wildman–Crippen LogP) is 1.81. The lowest BCUT2D eigenvalue weighted by Crippen LogP contribution is -2.53. The number of nitriles is 1. The molecule has 1 aliphatic heterocycles. The Morgan fingerprint density at radius 2 is 2.11 bits per heavy atom. The fourth-order valence-electron chi connectivity index (χ4n) is 3.81. The van der Waals surface area contributed by atoms with Crippen molar-refractivity contribution in [3.8, 4) is 6.07 Å². The molecule has 1 aliphatic rings. The molecular formula is C24H30BN3O7. The molecule has 35 heavy (non-hydrogen) atoms. The number of furan rings is 1. The zero-order chi connectivity index (χ0) is 25.6. The maximum atomic E-state index is 13.0. The first-order valence-corrected chi connectivity index (χ1v) is 11.3. The first-order valence-electron chi connectivity index (χ1n) is 11.3. The Kier molecular flexibility index (Phi) is 8.56. The molecule has 1 aromatic heterocycles. The van der Waals surface area contributed by atoms with E-state index in [-0.39, 0.29) is 37.2 Å². The maximum Gasteiger partial charge on any atom is 0.475 e. The smallest absolute Gasteiger partial charge is 0.464 e.